The predicted octanol–water partition coefficient (Wildman–Crippen LogP) is 2.91. The molecule has 17 heavy (non-hydrogen) atoms. The molecule has 0 heterocycles. The maximum Gasteiger partial charge on any atom is 0.142 e. The van der Waals surface area contributed by atoms with Gasteiger partial charge >= 0.3 is 0 Å². The van der Waals surface area contributed by atoms with Crippen LogP contribution in [0.25, 0.3) is 0 Å². The Kier molecular flexibility index (Phi) is 5.89. The number of nitrogens with one attached hydrogen (secondary N) is 1. The average Bonchev–Trinajstić information content (AvgIpc) is 2.29. The molecule has 96 valence electrons. The normalized spacial score (nSPS) is 11.5. The Bertz CT molecular complexity index is 355. The Morgan fingerprint density at radius 2 is 2.12 bits per heavy atom. The number of hydrogen-bond acceptors (Lipinski definition) is 2. The summed E-state index contributed by atoms with van der Waals surface area (Å²) in [4.78, 5) is 2.25. The summed E-state index contributed by atoms with van der Waals surface area (Å²) in [6, 6.07) is 5.43. The van der Waals surface area contributed by atoms with Crippen molar-refractivity contribution in [1.82, 2.24) is 10.2 Å². The molecule has 0 saturated heterocycles. The van der Waals surface area contributed by atoms with E-state index in [1.807, 2.05) is 6.07 Å². The zero-order valence-corrected chi connectivity index (χ0v) is 11.4. The second-order valence-corrected chi connectivity index (χ2v) is 4.84. The number of benzene rings is 1. The SMILES string of the molecule is CC(C)N(C)CCNCc1cccc(F)c1Cl. The van der Waals surface area contributed by atoms with E-state index in [-0.39, 0.29) is 10.8 Å². The van der Waals surface area contributed by atoms with Crippen molar-refractivity contribution in [2.24, 2.45) is 0 Å². The van der Waals surface area contributed by atoms with Gasteiger partial charge in [-0.05, 0) is 32.5 Å². The van der Waals surface area contributed by atoms with Crippen LogP contribution in [0.4, 0.5) is 4.39 Å². The minimum atomic E-state index is -0.356. The lowest BCUT2D eigenvalue weighted by atomic mass is 10.2. The average molecular weight is 259 g/mol. The maximum absolute atomic E-state index is 13.2. The highest BCUT2D eigenvalue weighted by Gasteiger charge is 2.05. The lowest BCUT2D eigenvalue weighted by Gasteiger charge is -2.21. The van der Waals surface area contributed by atoms with Gasteiger partial charge in [0.05, 0.1) is 5.02 Å². The smallest absolute Gasteiger partial charge is 0.142 e. The van der Waals surface area contributed by atoms with E-state index in [1.54, 1.807) is 6.07 Å². The molecule has 1 rings (SSSR count). The third kappa shape index (κ3) is 4.62. The first-order chi connectivity index (χ1) is 8.02. The quantitative estimate of drug-likeness (QED) is 0.790. The number of nitrogens with zero attached hydrogens (tertiary/aromatic N) is 1. The molecule has 2 nitrogen and oxygen atoms in total. The number of likely N-dealkylation sites (N-methyl/N-ethyl adjacent to an activating group) is 1. The van der Waals surface area contributed by atoms with Crippen LogP contribution in [-0.2, 0) is 6.54 Å². The fourth-order valence-corrected chi connectivity index (χ4v) is 1.61. The minimum absolute atomic E-state index is 0.220. The van der Waals surface area contributed by atoms with E-state index in [4.69, 9.17) is 11.6 Å². The largest absolute Gasteiger partial charge is 0.311 e. The molecule has 1 aromatic rings. The molecule has 0 radical (unpaired) electrons. The molecule has 0 aliphatic rings. The predicted molar refractivity (Wildman–Crippen MR) is 70.9 cm³/mol. The van der Waals surface area contributed by atoms with Crippen LogP contribution in [-0.4, -0.2) is 31.1 Å². The Morgan fingerprint density at radius 3 is 2.76 bits per heavy atom. The van der Waals surface area contributed by atoms with Gasteiger partial charge in [-0.1, -0.05) is 23.7 Å². The Morgan fingerprint density at radius 1 is 1.41 bits per heavy atom. The third-order valence-electron chi connectivity index (χ3n) is 2.87. The summed E-state index contributed by atoms with van der Waals surface area (Å²) in [7, 11) is 2.08. The van der Waals surface area contributed by atoms with Crippen molar-refractivity contribution in [2.45, 2.75) is 26.4 Å². The Hall–Kier alpha value is -0.640. The standard InChI is InChI=1S/C13H20ClFN2/c1-10(2)17(3)8-7-16-9-11-5-4-6-12(15)13(11)14/h4-6,10,16H,7-9H2,1-3H3. The van der Waals surface area contributed by atoms with Crippen LogP contribution in [0, 0.1) is 5.82 Å². The third-order valence-corrected chi connectivity index (χ3v) is 3.29. The number of rotatable bonds is 6. The lowest BCUT2D eigenvalue weighted by molar-refractivity contribution is 0.273. The van der Waals surface area contributed by atoms with Gasteiger partial charge in [-0.15, -0.1) is 0 Å². The van der Waals surface area contributed by atoms with Gasteiger partial charge in [0.2, 0.25) is 0 Å². The van der Waals surface area contributed by atoms with Gasteiger partial charge < -0.3 is 10.2 Å². The van der Waals surface area contributed by atoms with Crippen molar-refractivity contribution < 1.29 is 4.39 Å². The van der Waals surface area contributed by atoms with E-state index in [0.29, 0.717) is 12.6 Å². The molecule has 0 aromatic heterocycles. The van der Waals surface area contributed by atoms with Crippen molar-refractivity contribution in [2.75, 3.05) is 20.1 Å². The van der Waals surface area contributed by atoms with Crippen LogP contribution in [0.5, 0.6) is 0 Å². The molecular weight excluding hydrogens is 239 g/mol. The topological polar surface area (TPSA) is 15.3 Å². The number of hydrogen-bond donors (Lipinski definition) is 1. The summed E-state index contributed by atoms with van der Waals surface area (Å²) in [5.41, 5.74) is 0.805. The second-order valence-electron chi connectivity index (χ2n) is 4.46. The van der Waals surface area contributed by atoms with Crippen LogP contribution in [0.15, 0.2) is 18.2 Å². The van der Waals surface area contributed by atoms with Gasteiger partial charge in [0.15, 0.2) is 0 Å². The summed E-state index contributed by atoms with van der Waals surface area (Å²) in [6.07, 6.45) is 0. The van der Waals surface area contributed by atoms with Gasteiger partial charge in [0.25, 0.3) is 0 Å². The zero-order chi connectivity index (χ0) is 12.8. The molecule has 0 unspecified atom stereocenters. The molecule has 0 saturated carbocycles. The monoisotopic (exact) mass is 258 g/mol. The Balaban J connectivity index is 2.34. The van der Waals surface area contributed by atoms with Crippen LogP contribution >= 0.6 is 11.6 Å². The van der Waals surface area contributed by atoms with Crippen LogP contribution in [0.3, 0.4) is 0 Å². The molecule has 0 amide bonds. The zero-order valence-electron chi connectivity index (χ0n) is 10.6. The van der Waals surface area contributed by atoms with E-state index < -0.39 is 0 Å². The first-order valence-corrected chi connectivity index (χ1v) is 6.24. The molecule has 0 spiro atoms. The number of halogens is 2. The summed E-state index contributed by atoms with van der Waals surface area (Å²) in [6.45, 7) is 6.74. The van der Waals surface area contributed by atoms with Crippen molar-refractivity contribution >= 4 is 11.6 Å². The van der Waals surface area contributed by atoms with Gasteiger partial charge in [-0.3, -0.25) is 0 Å². The molecule has 0 bridgehead atoms. The summed E-state index contributed by atoms with van der Waals surface area (Å²) < 4.78 is 13.2. The van der Waals surface area contributed by atoms with Crippen LogP contribution < -0.4 is 5.32 Å². The van der Waals surface area contributed by atoms with Gasteiger partial charge in [-0.25, -0.2) is 4.39 Å². The maximum atomic E-state index is 13.2. The molecule has 0 aliphatic carbocycles. The molecular formula is C13H20ClFN2. The van der Waals surface area contributed by atoms with Crippen LogP contribution in [0.2, 0.25) is 5.02 Å². The minimum Gasteiger partial charge on any atom is -0.311 e. The van der Waals surface area contributed by atoms with E-state index in [1.165, 1.54) is 6.07 Å². The molecule has 1 aromatic carbocycles. The molecule has 0 aliphatic heterocycles. The summed E-state index contributed by atoms with van der Waals surface area (Å²) in [5, 5.41) is 3.48. The highest BCUT2D eigenvalue weighted by molar-refractivity contribution is 6.31. The van der Waals surface area contributed by atoms with E-state index in [0.717, 1.165) is 18.7 Å². The highest BCUT2D eigenvalue weighted by atomic mass is 35.5. The van der Waals surface area contributed by atoms with Gasteiger partial charge in [0.1, 0.15) is 5.82 Å². The van der Waals surface area contributed by atoms with Crippen molar-refractivity contribution in [3.05, 3.63) is 34.6 Å². The second kappa shape index (κ2) is 6.94. The van der Waals surface area contributed by atoms with E-state index in [2.05, 4.69) is 31.1 Å². The van der Waals surface area contributed by atoms with Crippen molar-refractivity contribution in [3.8, 4) is 0 Å². The Labute approximate surface area is 108 Å². The fraction of sp³-hybridized carbons (Fsp3) is 0.538. The van der Waals surface area contributed by atoms with Crippen LogP contribution in [0.1, 0.15) is 19.4 Å². The lowest BCUT2D eigenvalue weighted by Crippen LogP contribution is -2.33. The molecule has 4 heteroatoms. The fourth-order valence-electron chi connectivity index (χ4n) is 1.42. The van der Waals surface area contributed by atoms with Crippen molar-refractivity contribution in [1.29, 1.82) is 0 Å². The summed E-state index contributed by atoms with van der Waals surface area (Å²) >= 11 is 5.86. The first-order valence-electron chi connectivity index (χ1n) is 5.86. The highest BCUT2D eigenvalue weighted by Crippen LogP contribution is 2.19. The van der Waals surface area contributed by atoms with Gasteiger partial charge in [-0.2, -0.15) is 0 Å². The van der Waals surface area contributed by atoms with E-state index >= 15 is 0 Å². The molecule has 0 atom stereocenters. The first kappa shape index (κ1) is 14.4. The molecule has 0 fully saturated rings. The van der Waals surface area contributed by atoms with E-state index in [9.17, 15) is 4.39 Å². The molecule has 1 N–H and O–H groups in total. The summed E-state index contributed by atoms with van der Waals surface area (Å²) in [5.74, 6) is -0.356. The van der Waals surface area contributed by atoms with Gasteiger partial charge in [0, 0.05) is 25.7 Å². The van der Waals surface area contributed by atoms with Crippen molar-refractivity contribution in [3.63, 3.8) is 0 Å².